The third kappa shape index (κ3) is 4.01. The molecule has 0 radical (unpaired) electrons. The summed E-state index contributed by atoms with van der Waals surface area (Å²) >= 11 is 0. The third-order valence-electron chi connectivity index (χ3n) is 4.47. The molecule has 6 nitrogen and oxygen atoms in total. The zero-order chi connectivity index (χ0) is 18.5. The lowest BCUT2D eigenvalue weighted by Crippen LogP contribution is -2.50. The minimum Gasteiger partial charge on any atom is -0.368 e. The molecule has 2 aromatic carbocycles. The van der Waals surface area contributed by atoms with E-state index in [4.69, 9.17) is 5.26 Å². The molecule has 6 heteroatoms. The van der Waals surface area contributed by atoms with Gasteiger partial charge >= 0.3 is 6.03 Å². The van der Waals surface area contributed by atoms with Crippen molar-refractivity contribution >= 4 is 23.2 Å². The molecule has 132 valence electrons. The molecule has 1 aliphatic rings. The zero-order valence-corrected chi connectivity index (χ0v) is 14.6. The van der Waals surface area contributed by atoms with Gasteiger partial charge in [0.1, 0.15) is 0 Å². The van der Waals surface area contributed by atoms with E-state index in [2.05, 4.69) is 16.3 Å². The number of hydrogen-bond donors (Lipinski definition) is 1. The fourth-order valence-electron chi connectivity index (χ4n) is 2.91. The molecule has 0 spiro atoms. The highest BCUT2D eigenvalue weighted by Gasteiger charge is 2.21. The number of amides is 2. The lowest BCUT2D eigenvalue weighted by atomic mass is 10.1. The molecule has 0 saturated carbocycles. The van der Waals surface area contributed by atoms with Gasteiger partial charge in [-0.3, -0.25) is 4.79 Å². The third-order valence-corrected chi connectivity index (χ3v) is 4.47. The van der Waals surface area contributed by atoms with Crippen molar-refractivity contribution in [2.24, 2.45) is 0 Å². The monoisotopic (exact) mass is 348 g/mol. The summed E-state index contributed by atoms with van der Waals surface area (Å²) in [4.78, 5) is 27.7. The maximum absolute atomic E-state index is 12.4. The molecule has 0 unspecified atom stereocenters. The lowest BCUT2D eigenvalue weighted by molar-refractivity contribution is 0.101. The van der Waals surface area contributed by atoms with Crippen LogP contribution in [0.4, 0.5) is 16.2 Å². The van der Waals surface area contributed by atoms with Gasteiger partial charge in [-0.15, -0.1) is 0 Å². The molecule has 0 aromatic heterocycles. The molecule has 0 atom stereocenters. The van der Waals surface area contributed by atoms with E-state index >= 15 is 0 Å². The van der Waals surface area contributed by atoms with Crippen LogP contribution in [0.25, 0.3) is 0 Å². The minimum atomic E-state index is -0.139. The van der Waals surface area contributed by atoms with E-state index < -0.39 is 0 Å². The normalized spacial score (nSPS) is 13.8. The first kappa shape index (κ1) is 17.5. The molecule has 1 aliphatic heterocycles. The SMILES string of the molecule is CC(=O)c1ccc(NC(=O)N2CCN(c3ccc(C#N)cc3)CC2)cc1. The lowest BCUT2D eigenvalue weighted by Gasteiger charge is -2.36. The Morgan fingerprint density at radius 3 is 2.12 bits per heavy atom. The Kier molecular flexibility index (Phi) is 5.18. The maximum Gasteiger partial charge on any atom is 0.321 e. The number of carbonyl (C=O) groups is 2. The van der Waals surface area contributed by atoms with Crippen LogP contribution in [-0.4, -0.2) is 42.9 Å². The van der Waals surface area contributed by atoms with Crippen molar-refractivity contribution in [3.05, 3.63) is 59.7 Å². The van der Waals surface area contributed by atoms with E-state index in [0.29, 0.717) is 29.9 Å². The standard InChI is InChI=1S/C20H20N4O2/c1-15(25)17-4-6-18(7-5-17)22-20(26)24-12-10-23(11-13-24)19-8-2-16(14-21)3-9-19/h2-9H,10-13H2,1H3,(H,22,26). The van der Waals surface area contributed by atoms with Gasteiger partial charge in [-0.2, -0.15) is 5.26 Å². The topological polar surface area (TPSA) is 76.4 Å². The fourth-order valence-corrected chi connectivity index (χ4v) is 2.91. The predicted octanol–water partition coefficient (Wildman–Crippen LogP) is 3.11. The largest absolute Gasteiger partial charge is 0.368 e. The van der Waals surface area contributed by atoms with Crippen molar-refractivity contribution < 1.29 is 9.59 Å². The molecule has 2 aromatic rings. The number of urea groups is 1. The van der Waals surface area contributed by atoms with E-state index in [1.807, 2.05) is 12.1 Å². The molecular formula is C20H20N4O2. The minimum absolute atomic E-state index is 0.00167. The van der Waals surface area contributed by atoms with Crippen molar-refractivity contribution in [1.82, 2.24) is 4.90 Å². The predicted molar refractivity (Wildman–Crippen MR) is 100 cm³/mol. The van der Waals surface area contributed by atoms with Crippen LogP contribution < -0.4 is 10.2 Å². The Balaban J connectivity index is 1.54. The summed E-state index contributed by atoms with van der Waals surface area (Å²) in [5.41, 5.74) is 3.00. The second-order valence-corrected chi connectivity index (χ2v) is 6.20. The second kappa shape index (κ2) is 7.70. The number of nitrogens with one attached hydrogen (secondary N) is 1. The first-order valence-corrected chi connectivity index (χ1v) is 8.49. The summed E-state index contributed by atoms with van der Waals surface area (Å²) in [6.45, 7) is 4.24. The smallest absolute Gasteiger partial charge is 0.321 e. The van der Waals surface area contributed by atoms with Gasteiger partial charge in [0.25, 0.3) is 0 Å². The van der Waals surface area contributed by atoms with E-state index in [1.54, 1.807) is 41.3 Å². The molecule has 1 heterocycles. The molecule has 26 heavy (non-hydrogen) atoms. The van der Waals surface area contributed by atoms with Crippen LogP contribution in [0, 0.1) is 11.3 Å². The molecule has 1 saturated heterocycles. The van der Waals surface area contributed by atoms with Crippen LogP contribution in [-0.2, 0) is 0 Å². The Bertz CT molecular complexity index is 830. The van der Waals surface area contributed by atoms with E-state index in [9.17, 15) is 9.59 Å². The van der Waals surface area contributed by atoms with Crippen LogP contribution in [0.2, 0.25) is 0 Å². The highest BCUT2D eigenvalue weighted by Crippen LogP contribution is 2.18. The summed E-state index contributed by atoms with van der Waals surface area (Å²) < 4.78 is 0. The average Bonchev–Trinajstić information content (AvgIpc) is 2.68. The Hall–Kier alpha value is -3.33. The van der Waals surface area contributed by atoms with Crippen LogP contribution in [0.1, 0.15) is 22.8 Å². The first-order chi connectivity index (χ1) is 12.6. The fraction of sp³-hybridized carbons (Fsp3) is 0.250. The maximum atomic E-state index is 12.4. The van der Waals surface area contributed by atoms with Gasteiger partial charge in [0, 0.05) is 43.1 Å². The number of Topliss-reactive ketones (excluding diaryl/α,β-unsaturated/α-hetero) is 1. The summed E-state index contributed by atoms with van der Waals surface area (Å²) in [5, 5.41) is 11.7. The summed E-state index contributed by atoms with van der Waals surface area (Å²) in [5.74, 6) is 0.00167. The zero-order valence-electron chi connectivity index (χ0n) is 14.6. The summed E-state index contributed by atoms with van der Waals surface area (Å²) in [6, 6.07) is 16.3. The van der Waals surface area contributed by atoms with Crippen LogP contribution in [0.3, 0.4) is 0 Å². The number of carbonyl (C=O) groups excluding carboxylic acids is 2. The molecule has 0 bridgehead atoms. The van der Waals surface area contributed by atoms with Crippen LogP contribution in [0.5, 0.6) is 0 Å². The van der Waals surface area contributed by atoms with Gasteiger partial charge in [0.15, 0.2) is 5.78 Å². The molecule has 3 rings (SSSR count). The van der Waals surface area contributed by atoms with Crippen molar-refractivity contribution in [2.75, 3.05) is 36.4 Å². The number of anilines is 2. The van der Waals surface area contributed by atoms with Gasteiger partial charge in [-0.1, -0.05) is 0 Å². The van der Waals surface area contributed by atoms with Gasteiger partial charge in [0.05, 0.1) is 11.6 Å². The number of hydrogen-bond acceptors (Lipinski definition) is 4. The van der Waals surface area contributed by atoms with Crippen molar-refractivity contribution in [2.45, 2.75) is 6.92 Å². The highest BCUT2D eigenvalue weighted by atomic mass is 16.2. The first-order valence-electron chi connectivity index (χ1n) is 8.49. The number of ketones is 1. The summed E-state index contributed by atoms with van der Waals surface area (Å²) in [7, 11) is 0. The van der Waals surface area contributed by atoms with E-state index in [0.717, 1.165) is 18.8 Å². The molecule has 1 fully saturated rings. The average molecular weight is 348 g/mol. The molecule has 0 aliphatic carbocycles. The van der Waals surface area contributed by atoms with Gasteiger partial charge in [-0.05, 0) is 55.5 Å². The molecular weight excluding hydrogens is 328 g/mol. The Morgan fingerprint density at radius 2 is 1.58 bits per heavy atom. The van der Waals surface area contributed by atoms with Gasteiger partial charge in [-0.25, -0.2) is 4.79 Å². The Labute approximate surface area is 152 Å². The number of benzene rings is 2. The molecule has 2 amide bonds. The second-order valence-electron chi connectivity index (χ2n) is 6.20. The Morgan fingerprint density at radius 1 is 0.962 bits per heavy atom. The van der Waals surface area contributed by atoms with Crippen molar-refractivity contribution in [1.29, 1.82) is 5.26 Å². The molecule has 1 N–H and O–H groups in total. The van der Waals surface area contributed by atoms with Crippen molar-refractivity contribution in [3.8, 4) is 6.07 Å². The van der Waals surface area contributed by atoms with Gasteiger partial charge in [0.2, 0.25) is 0 Å². The van der Waals surface area contributed by atoms with Crippen LogP contribution in [0.15, 0.2) is 48.5 Å². The van der Waals surface area contributed by atoms with Crippen LogP contribution >= 0.6 is 0 Å². The quantitative estimate of drug-likeness (QED) is 0.865. The van der Waals surface area contributed by atoms with E-state index in [1.165, 1.54) is 6.92 Å². The number of nitrogens with zero attached hydrogens (tertiary/aromatic N) is 3. The number of piperazine rings is 1. The number of nitriles is 1. The van der Waals surface area contributed by atoms with Crippen molar-refractivity contribution in [3.63, 3.8) is 0 Å². The number of rotatable bonds is 3. The van der Waals surface area contributed by atoms with Gasteiger partial charge < -0.3 is 15.1 Å². The van der Waals surface area contributed by atoms with E-state index in [-0.39, 0.29) is 11.8 Å². The summed E-state index contributed by atoms with van der Waals surface area (Å²) in [6.07, 6.45) is 0. The highest BCUT2D eigenvalue weighted by molar-refractivity contribution is 5.95.